The molecule has 4 rings (SSSR count). The van der Waals surface area contributed by atoms with Crippen molar-refractivity contribution in [2.24, 2.45) is 46.3 Å². The zero-order chi connectivity index (χ0) is 30.2. The normalized spacial score (nSPS) is 34.9. The van der Waals surface area contributed by atoms with E-state index < -0.39 is 0 Å². The van der Waals surface area contributed by atoms with Gasteiger partial charge in [0.1, 0.15) is 6.10 Å². The first-order valence-electron chi connectivity index (χ1n) is 17.6. The molecule has 0 radical (unpaired) electrons. The lowest BCUT2D eigenvalue weighted by molar-refractivity contribution is -0.0581. The van der Waals surface area contributed by atoms with E-state index in [4.69, 9.17) is 14.2 Å². The Balaban J connectivity index is 1.22. The fourth-order valence-corrected chi connectivity index (χ4v) is 9.78. The second-order valence-corrected chi connectivity index (χ2v) is 15.1. The van der Waals surface area contributed by atoms with Crippen molar-refractivity contribution in [3.8, 4) is 0 Å². The summed E-state index contributed by atoms with van der Waals surface area (Å²) in [5, 5.41) is 2.88. The molecular formula is C37H63NO4. The van der Waals surface area contributed by atoms with Crippen LogP contribution in [0.2, 0.25) is 0 Å². The number of alkyl carbamates (subject to hydrolysis) is 1. The number of nitrogens with one attached hydrogen (secondary N) is 1. The third-order valence-corrected chi connectivity index (χ3v) is 12.0. The molecule has 0 aromatic rings. The molecule has 42 heavy (non-hydrogen) atoms. The molecule has 5 nitrogen and oxygen atoms in total. The lowest BCUT2D eigenvalue weighted by Gasteiger charge is -2.58. The molecule has 240 valence electrons. The van der Waals surface area contributed by atoms with E-state index in [0.717, 1.165) is 61.2 Å². The summed E-state index contributed by atoms with van der Waals surface area (Å²) in [7, 11) is 0. The quantitative estimate of drug-likeness (QED) is 0.154. The molecule has 1 amide bonds. The highest BCUT2D eigenvalue weighted by atomic mass is 16.6. The van der Waals surface area contributed by atoms with Crippen molar-refractivity contribution >= 4 is 6.09 Å². The molecule has 4 unspecified atom stereocenters. The Morgan fingerprint density at radius 2 is 1.81 bits per heavy atom. The molecule has 8 atom stereocenters. The Bertz CT molecular complexity index is 913. The number of allylic oxidation sites excluding steroid dienone is 2. The molecule has 0 heterocycles. The van der Waals surface area contributed by atoms with Gasteiger partial charge >= 0.3 is 6.09 Å². The van der Waals surface area contributed by atoms with Crippen LogP contribution in [-0.4, -0.2) is 45.2 Å². The molecule has 1 N–H and O–H groups in total. The molecule has 0 saturated heterocycles. The maximum atomic E-state index is 12.5. The van der Waals surface area contributed by atoms with Crippen molar-refractivity contribution in [1.82, 2.24) is 5.32 Å². The molecule has 0 bridgehead atoms. The monoisotopic (exact) mass is 585 g/mol. The summed E-state index contributed by atoms with van der Waals surface area (Å²) < 4.78 is 16.9. The van der Waals surface area contributed by atoms with Crippen molar-refractivity contribution in [3.63, 3.8) is 0 Å². The van der Waals surface area contributed by atoms with Gasteiger partial charge < -0.3 is 19.5 Å². The van der Waals surface area contributed by atoms with Gasteiger partial charge in [-0.05, 0) is 97.7 Å². The SMILES string of the molecule is CC/C=C/COCCOCCNC(=O)O[C@H]1CC[C@@]2(C)C(=CCC3C4CC[C@H]([C@H](C)CCCC(C)C)C4(C)CCC32)C1. The third kappa shape index (κ3) is 8.03. The summed E-state index contributed by atoms with van der Waals surface area (Å²) in [5.74, 6) is 5.11. The molecule has 0 aromatic carbocycles. The first-order valence-corrected chi connectivity index (χ1v) is 17.6. The summed E-state index contributed by atoms with van der Waals surface area (Å²) in [6.07, 6.45) is 21.5. The lowest BCUT2D eigenvalue weighted by Crippen LogP contribution is -2.51. The minimum atomic E-state index is -0.310. The van der Waals surface area contributed by atoms with Crippen LogP contribution in [0.1, 0.15) is 119 Å². The molecule has 4 aliphatic carbocycles. The van der Waals surface area contributed by atoms with E-state index >= 15 is 0 Å². The molecule has 3 saturated carbocycles. The van der Waals surface area contributed by atoms with E-state index in [1.165, 1.54) is 51.4 Å². The number of amides is 1. The van der Waals surface area contributed by atoms with Crippen LogP contribution in [0.4, 0.5) is 4.79 Å². The summed E-state index contributed by atoms with van der Waals surface area (Å²) in [5.41, 5.74) is 2.38. The predicted octanol–water partition coefficient (Wildman–Crippen LogP) is 9.12. The van der Waals surface area contributed by atoms with Crippen molar-refractivity contribution in [3.05, 3.63) is 23.8 Å². The van der Waals surface area contributed by atoms with Crippen molar-refractivity contribution < 1.29 is 19.0 Å². The van der Waals surface area contributed by atoms with Gasteiger partial charge in [0.15, 0.2) is 0 Å². The van der Waals surface area contributed by atoms with Gasteiger partial charge in [-0.3, -0.25) is 0 Å². The Morgan fingerprint density at radius 3 is 2.60 bits per heavy atom. The second kappa shape index (κ2) is 15.6. The van der Waals surface area contributed by atoms with Crippen LogP contribution in [0.15, 0.2) is 23.8 Å². The highest BCUT2D eigenvalue weighted by Crippen LogP contribution is 2.67. The first-order chi connectivity index (χ1) is 20.2. The van der Waals surface area contributed by atoms with Gasteiger partial charge in [-0.25, -0.2) is 4.79 Å². The molecule has 0 spiro atoms. The third-order valence-electron chi connectivity index (χ3n) is 12.0. The number of hydrogen-bond acceptors (Lipinski definition) is 4. The van der Waals surface area contributed by atoms with Crippen LogP contribution in [0.3, 0.4) is 0 Å². The summed E-state index contributed by atoms with van der Waals surface area (Å²) in [6, 6.07) is 0. The molecule has 0 aromatic heterocycles. The molecule has 5 heteroatoms. The number of carbonyl (C=O) groups excluding carboxylic acids is 1. The van der Waals surface area contributed by atoms with Crippen LogP contribution in [0, 0.1) is 46.3 Å². The summed E-state index contributed by atoms with van der Waals surface area (Å²) >= 11 is 0. The van der Waals surface area contributed by atoms with Gasteiger partial charge in [0.2, 0.25) is 0 Å². The fraction of sp³-hybridized carbons (Fsp3) is 0.865. The summed E-state index contributed by atoms with van der Waals surface area (Å²) in [6.45, 7) is 17.3. The van der Waals surface area contributed by atoms with Crippen molar-refractivity contribution in [1.29, 1.82) is 0 Å². The Hall–Kier alpha value is -1.33. The minimum absolute atomic E-state index is 0.0113. The smallest absolute Gasteiger partial charge is 0.407 e. The Kier molecular flexibility index (Phi) is 12.5. The molecule has 4 aliphatic rings. The van der Waals surface area contributed by atoms with Crippen LogP contribution >= 0.6 is 0 Å². The number of fused-ring (bicyclic) bond motifs is 5. The maximum Gasteiger partial charge on any atom is 0.407 e. The molecule has 0 aliphatic heterocycles. The highest BCUT2D eigenvalue weighted by Gasteiger charge is 2.59. The minimum Gasteiger partial charge on any atom is -0.446 e. The average Bonchev–Trinajstić information content (AvgIpc) is 3.31. The lowest BCUT2D eigenvalue weighted by atomic mass is 9.47. The molecular weight excluding hydrogens is 522 g/mol. The van der Waals surface area contributed by atoms with E-state index in [9.17, 15) is 4.79 Å². The van der Waals surface area contributed by atoms with Gasteiger partial charge in [0, 0.05) is 13.0 Å². The number of carbonyl (C=O) groups is 1. The highest BCUT2D eigenvalue weighted by molar-refractivity contribution is 5.67. The predicted molar refractivity (Wildman–Crippen MR) is 172 cm³/mol. The number of ether oxygens (including phenoxy) is 3. The summed E-state index contributed by atoms with van der Waals surface area (Å²) in [4.78, 5) is 12.5. The van der Waals surface area contributed by atoms with Gasteiger partial charge in [-0.1, -0.05) is 84.6 Å². The zero-order valence-corrected chi connectivity index (χ0v) is 27.9. The number of hydrogen-bond donors (Lipinski definition) is 1. The first kappa shape index (κ1) is 33.6. The van der Waals surface area contributed by atoms with E-state index in [2.05, 4.69) is 59.0 Å². The van der Waals surface area contributed by atoms with Crippen LogP contribution in [0.5, 0.6) is 0 Å². The Labute approximate surface area is 258 Å². The van der Waals surface area contributed by atoms with E-state index in [-0.39, 0.29) is 17.6 Å². The number of rotatable bonds is 15. The maximum absolute atomic E-state index is 12.5. The van der Waals surface area contributed by atoms with Crippen molar-refractivity contribution in [2.75, 3.05) is 33.0 Å². The van der Waals surface area contributed by atoms with Crippen molar-refractivity contribution in [2.45, 2.75) is 125 Å². The van der Waals surface area contributed by atoms with Gasteiger partial charge in [-0.2, -0.15) is 0 Å². The standard InChI is InChI=1S/C37H63NO4/c1-7-8-9-22-40-24-25-41-23-21-38-35(39)42-30-17-19-36(5)29(26-30)13-14-31-33-16-15-32(28(4)12-10-11-27(2)3)37(33,6)20-18-34(31)36/h8-9,13,27-28,30-34H,7,10-12,14-26H2,1-6H3,(H,38,39)/b9-8+/t28-,30+,31?,32-,33?,34?,36+,37?/m1/s1. The average molecular weight is 586 g/mol. The van der Waals surface area contributed by atoms with Crippen LogP contribution < -0.4 is 5.32 Å². The van der Waals surface area contributed by atoms with Gasteiger partial charge in [-0.15, -0.1) is 0 Å². The van der Waals surface area contributed by atoms with E-state index in [1.54, 1.807) is 5.57 Å². The fourth-order valence-electron chi connectivity index (χ4n) is 9.78. The van der Waals surface area contributed by atoms with E-state index in [0.29, 0.717) is 38.4 Å². The van der Waals surface area contributed by atoms with Crippen LogP contribution in [-0.2, 0) is 14.2 Å². The zero-order valence-electron chi connectivity index (χ0n) is 27.9. The largest absolute Gasteiger partial charge is 0.446 e. The Morgan fingerprint density at radius 1 is 1.00 bits per heavy atom. The van der Waals surface area contributed by atoms with Gasteiger partial charge in [0.25, 0.3) is 0 Å². The topological polar surface area (TPSA) is 56.8 Å². The second-order valence-electron chi connectivity index (χ2n) is 15.1. The van der Waals surface area contributed by atoms with Gasteiger partial charge in [0.05, 0.1) is 26.4 Å². The van der Waals surface area contributed by atoms with E-state index in [1.807, 2.05) is 6.08 Å². The van der Waals surface area contributed by atoms with Crippen LogP contribution in [0.25, 0.3) is 0 Å². The molecule has 3 fully saturated rings.